The van der Waals surface area contributed by atoms with Gasteiger partial charge in [0.05, 0.1) is 23.5 Å². The topological polar surface area (TPSA) is 44.1 Å². The Morgan fingerprint density at radius 2 is 2.25 bits per heavy atom. The molecular formula is C14H16Cl2N2O2. The Morgan fingerprint density at radius 3 is 2.95 bits per heavy atom. The Kier molecular flexibility index (Phi) is 5.26. The van der Waals surface area contributed by atoms with Crippen LogP contribution in [0.25, 0.3) is 11.0 Å². The molecule has 20 heavy (non-hydrogen) atoms. The van der Waals surface area contributed by atoms with Crippen LogP contribution in [-0.4, -0.2) is 22.1 Å². The fraction of sp³-hybridized carbons (Fsp3) is 0.429. The van der Waals surface area contributed by atoms with E-state index in [1.54, 1.807) is 13.0 Å². The fourth-order valence-electron chi connectivity index (χ4n) is 2.11. The van der Waals surface area contributed by atoms with Gasteiger partial charge in [0.2, 0.25) is 0 Å². The molecule has 0 atom stereocenters. The van der Waals surface area contributed by atoms with Gasteiger partial charge in [-0.3, -0.25) is 4.79 Å². The smallest absolute Gasteiger partial charge is 0.305 e. The van der Waals surface area contributed by atoms with Crippen molar-refractivity contribution in [1.29, 1.82) is 0 Å². The first kappa shape index (κ1) is 15.1. The lowest BCUT2D eigenvalue weighted by Gasteiger charge is -2.07. The van der Waals surface area contributed by atoms with E-state index in [9.17, 15) is 4.79 Å². The average Bonchev–Trinajstić information content (AvgIpc) is 2.77. The lowest BCUT2D eigenvalue weighted by atomic mass is 10.3. The van der Waals surface area contributed by atoms with Crippen molar-refractivity contribution in [1.82, 2.24) is 9.55 Å². The Labute approximate surface area is 127 Å². The Hall–Kier alpha value is -1.26. The molecule has 0 spiro atoms. The first-order valence-corrected chi connectivity index (χ1v) is 7.43. The highest BCUT2D eigenvalue weighted by molar-refractivity contribution is 6.31. The second-order valence-corrected chi connectivity index (χ2v) is 5.06. The number of benzene rings is 1. The maximum Gasteiger partial charge on any atom is 0.305 e. The number of rotatable bonds is 6. The molecule has 4 nitrogen and oxygen atoms in total. The first-order chi connectivity index (χ1) is 9.65. The van der Waals surface area contributed by atoms with Crippen molar-refractivity contribution in [2.75, 3.05) is 6.61 Å². The van der Waals surface area contributed by atoms with Crippen molar-refractivity contribution in [2.45, 2.75) is 32.2 Å². The molecule has 0 aliphatic carbocycles. The van der Waals surface area contributed by atoms with E-state index in [4.69, 9.17) is 27.9 Å². The van der Waals surface area contributed by atoms with E-state index in [-0.39, 0.29) is 5.97 Å². The number of hydrogen-bond acceptors (Lipinski definition) is 3. The number of aromatic nitrogens is 2. The van der Waals surface area contributed by atoms with Crippen LogP contribution in [0.15, 0.2) is 18.2 Å². The Balaban J connectivity index is 2.15. The molecule has 2 aromatic rings. The molecule has 0 N–H and O–H groups in total. The number of nitrogens with zero attached hydrogens (tertiary/aromatic N) is 2. The highest BCUT2D eigenvalue weighted by Crippen LogP contribution is 2.22. The van der Waals surface area contributed by atoms with Gasteiger partial charge in [-0.1, -0.05) is 11.6 Å². The second kappa shape index (κ2) is 6.95. The molecule has 0 amide bonds. The highest BCUT2D eigenvalue weighted by atomic mass is 35.5. The molecule has 0 radical (unpaired) electrons. The lowest BCUT2D eigenvalue weighted by molar-refractivity contribution is -0.143. The monoisotopic (exact) mass is 314 g/mol. The molecule has 0 saturated heterocycles. The van der Waals surface area contributed by atoms with Gasteiger partial charge in [0.15, 0.2) is 0 Å². The second-order valence-electron chi connectivity index (χ2n) is 4.35. The zero-order valence-corrected chi connectivity index (χ0v) is 12.7. The van der Waals surface area contributed by atoms with Gasteiger partial charge in [-0.05, 0) is 31.5 Å². The van der Waals surface area contributed by atoms with Gasteiger partial charge in [0.1, 0.15) is 5.82 Å². The van der Waals surface area contributed by atoms with E-state index in [2.05, 4.69) is 4.98 Å². The summed E-state index contributed by atoms with van der Waals surface area (Å²) >= 11 is 11.9. The summed E-state index contributed by atoms with van der Waals surface area (Å²) in [4.78, 5) is 15.8. The predicted molar refractivity (Wildman–Crippen MR) is 80.2 cm³/mol. The minimum atomic E-state index is -0.178. The summed E-state index contributed by atoms with van der Waals surface area (Å²) in [6, 6.07) is 5.54. The number of carbonyl (C=O) groups excluding carboxylic acids is 1. The summed E-state index contributed by atoms with van der Waals surface area (Å²) in [7, 11) is 0. The fourth-order valence-corrected chi connectivity index (χ4v) is 2.48. The minimum Gasteiger partial charge on any atom is -0.466 e. The third-order valence-corrected chi connectivity index (χ3v) is 3.45. The average molecular weight is 315 g/mol. The molecule has 2 rings (SSSR count). The summed E-state index contributed by atoms with van der Waals surface area (Å²) in [5, 5.41) is 0.658. The van der Waals surface area contributed by atoms with Crippen molar-refractivity contribution in [3.63, 3.8) is 0 Å². The third-order valence-electron chi connectivity index (χ3n) is 2.98. The van der Waals surface area contributed by atoms with E-state index in [1.807, 2.05) is 16.7 Å². The lowest BCUT2D eigenvalue weighted by Crippen LogP contribution is -2.08. The molecule has 0 aliphatic heterocycles. The van der Waals surface area contributed by atoms with Crippen LogP contribution >= 0.6 is 23.2 Å². The van der Waals surface area contributed by atoms with E-state index in [0.29, 0.717) is 36.9 Å². The molecule has 0 bridgehead atoms. The van der Waals surface area contributed by atoms with Crippen LogP contribution in [0.5, 0.6) is 0 Å². The maximum absolute atomic E-state index is 11.3. The van der Waals surface area contributed by atoms with Gasteiger partial charge >= 0.3 is 5.97 Å². The Bertz CT molecular complexity index is 610. The van der Waals surface area contributed by atoms with Gasteiger partial charge in [-0.25, -0.2) is 4.98 Å². The van der Waals surface area contributed by atoms with Crippen LogP contribution in [0.3, 0.4) is 0 Å². The quantitative estimate of drug-likeness (QED) is 0.602. The van der Waals surface area contributed by atoms with Gasteiger partial charge in [-0.2, -0.15) is 0 Å². The molecule has 108 valence electrons. The molecule has 1 aromatic heterocycles. The zero-order valence-electron chi connectivity index (χ0n) is 11.2. The normalized spacial score (nSPS) is 10.9. The number of ether oxygens (including phenoxy) is 1. The van der Waals surface area contributed by atoms with Crippen molar-refractivity contribution in [2.24, 2.45) is 0 Å². The molecule has 0 aliphatic rings. The molecule has 0 fully saturated rings. The van der Waals surface area contributed by atoms with E-state index < -0.39 is 0 Å². The zero-order chi connectivity index (χ0) is 14.5. The van der Waals surface area contributed by atoms with E-state index in [0.717, 1.165) is 16.9 Å². The molecule has 0 saturated carbocycles. The molecular weight excluding hydrogens is 299 g/mol. The molecule has 6 heteroatoms. The summed E-state index contributed by atoms with van der Waals surface area (Å²) < 4.78 is 6.92. The third kappa shape index (κ3) is 3.44. The largest absolute Gasteiger partial charge is 0.466 e. The SMILES string of the molecule is CCOC(=O)CCCn1c(CCl)nc2ccc(Cl)cc21. The summed E-state index contributed by atoms with van der Waals surface area (Å²) in [5.41, 5.74) is 1.80. The van der Waals surface area contributed by atoms with Gasteiger partial charge in [0.25, 0.3) is 0 Å². The van der Waals surface area contributed by atoms with E-state index in [1.165, 1.54) is 0 Å². The van der Waals surface area contributed by atoms with E-state index >= 15 is 0 Å². The van der Waals surface area contributed by atoms with Crippen molar-refractivity contribution < 1.29 is 9.53 Å². The number of esters is 1. The standard InChI is InChI=1S/C14H16Cl2N2O2/c1-2-20-14(19)4-3-7-18-12-8-10(16)5-6-11(12)17-13(18)9-15/h5-6,8H,2-4,7,9H2,1H3. The number of aryl methyl sites for hydroxylation is 1. The van der Waals surface area contributed by atoms with Crippen molar-refractivity contribution >= 4 is 40.2 Å². The van der Waals surface area contributed by atoms with Gasteiger partial charge in [0, 0.05) is 18.0 Å². The maximum atomic E-state index is 11.3. The number of fused-ring (bicyclic) bond motifs is 1. The number of imidazole rings is 1. The number of alkyl halides is 1. The van der Waals surface area contributed by atoms with Crippen LogP contribution in [-0.2, 0) is 22.0 Å². The Morgan fingerprint density at radius 1 is 1.45 bits per heavy atom. The van der Waals surface area contributed by atoms with Crippen LogP contribution in [0.2, 0.25) is 5.02 Å². The van der Waals surface area contributed by atoms with Gasteiger partial charge < -0.3 is 9.30 Å². The molecule has 1 aromatic carbocycles. The van der Waals surface area contributed by atoms with Crippen molar-refractivity contribution in [3.8, 4) is 0 Å². The molecule has 0 unspecified atom stereocenters. The van der Waals surface area contributed by atoms with Crippen LogP contribution in [0.1, 0.15) is 25.6 Å². The van der Waals surface area contributed by atoms with Crippen LogP contribution in [0, 0.1) is 0 Å². The summed E-state index contributed by atoms with van der Waals surface area (Å²) in [6.07, 6.45) is 1.07. The van der Waals surface area contributed by atoms with Crippen LogP contribution < -0.4 is 0 Å². The number of halogens is 2. The highest BCUT2D eigenvalue weighted by Gasteiger charge is 2.11. The first-order valence-electron chi connectivity index (χ1n) is 6.52. The molecule has 1 heterocycles. The van der Waals surface area contributed by atoms with Crippen molar-refractivity contribution in [3.05, 3.63) is 29.0 Å². The number of carbonyl (C=O) groups is 1. The minimum absolute atomic E-state index is 0.178. The summed E-state index contributed by atoms with van der Waals surface area (Å²) in [6.45, 7) is 2.88. The van der Waals surface area contributed by atoms with Crippen LogP contribution in [0.4, 0.5) is 0 Å². The predicted octanol–water partition coefficient (Wildman–Crippen LogP) is 3.77. The number of hydrogen-bond donors (Lipinski definition) is 0. The van der Waals surface area contributed by atoms with Gasteiger partial charge in [-0.15, -0.1) is 11.6 Å². The summed E-state index contributed by atoms with van der Waals surface area (Å²) in [5.74, 6) is 0.932.